The Morgan fingerprint density at radius 3 is 0.561 bits per heavy atom. The molecule has 4 fully saturated rings. The minimum atomic E-state index is -0.855. The van der Waals surface area contributed by atoms with Gasteiger partial charge in [-0.1, -0.05) is 79.1 Å². The molecule has 0 atom stereocenters. The maximum absolute atomic E-state index is 10.3. The number of rotatable bonds is 4. The first-order chi connectivity index (χ1) is 18.8. The molecule has 4 rings (SSSR count). The first-order valence-electron chi connectivity index (χ1n) is 15.6. The van der Waals surface area contributed by atoms with E-state index < -0.39 is 23.9 Å². The number of carboxylic acids is 4. The van der Waals surface area contributed by atoms with E-state index in [2.05, 4.69) is 27.7 Å². The maximum atomic E-state index is 10.3. The smallest absolute Gasteiger partial charge is 0.550 e. The molecule has 4 saturated carbocycles. The maximum Gasteiger partial charge on any atom is 4.00 e. The average molecular weight is 661 g/mol. The molecule has 0 saturated heterocycles. The number of hydrogen-bond donors (Lipinski definition) is 0. The van der Waals surface area contributed by atoms with Gasteiger partial charge >= 0.3 is 21.1 Å². The summed E-state index contributed by atoms with van der Waals surface area (Å²) in [4.78, 5) is 41.4. The van der Waals surface area contributed by atoms with Crippen LogP contribution in [0.5, 0.6) is 0 Å². The second-order valence-corrected chi connectivity index (χ2v) is 13.1. The van der Waals surface area contributed by atoms with Crippen LogP contribution in [0.4, 0.5) is 0 Å². The molecular formula is C32H52MoO8. The third-order valence-corrected chi connectivity index (χ3v) is 9.40. The molecule has 0 unspecified atom stereocenters. The standard InChI is InChI=1S/4C8H14O2.Mo/c4*1-6-2-4-7(5-3-6)8(9)10;/h4*6-7H,2-5H2,1H3,(H,9,10);/q;;;;+4/p-4. The minimum absolute atomic E-state index is 0. The van der Waals surface area contributed by atoms with E-state index in [0.717, 1.165) is 126 Å². The molecule has 8 nitrogen and oxygen atoms in total. The van der Waals surface area contributed by atoms with Crippen LogP contribution in [0.15, 0.2) is 0 Å². The summed E-state index contributed by atoms with van der Waals surface area (Å²) in [5, 5.41) is 41.4. The van der Waals surface area contributed by atoms with E-state index in [-0.39, 0.29) is 44.7 Å². The second kappa shape index (κ2) is 21.3. The van der Waals surface area contributed by atoms with E-state index in [4.69, 9.17) is 0 Å². The SMILES string of the molecule is CC1CCC(C(=O)[O-])CC1.CC1CCC(C(=O)[O-])CC1.CC1CCC(C(=O)[O-])CC1.CC1CCC(C(=O)[O-])CC1.[Mo+4]. The molecule has 0 aliphatic heterocycles. The largest absolute Gasteiger partial charge is 4.00 e. The van der Waals surface area contributed by atoms with Crippen LogP contribution in [-0.4, -0.2) is 23.9 Å². The van der Waals surface area contributed by atoms with Crippen molar-refractivity contribution in [2.75, 3.05) is 0 Å². The van der Waals surface area contributed by atoms with Crippen LogP contribution in [0.1, 0.15) is 130 Å². The van der Waals surface area contributed by atoms with Crippen molar-refractivity contribution in [2.45, 2.75) is 130 Å². The van der Waals surface area contributed by atoms with Gasteiger partial charge in [0.05, 0.1) is 0 Å². The fourth-order valence-corrected chi connectivity index (χ4v) is 5.98. The quantitative estimate of drug-likeness (QED) is 0.415. The Kier molecular flexibility index (Phi) is 20.5. The zero-order valence-corrected chi connectivity index (χ0v) is 27.6. The Balaban J connectivity index is 0.000000516. The molecule has 0 spiro atoms. The van der Waals surface area contributed by atoms with Gasteiger partial charge in [0.1, 0.15) is 0 Å². The van der Waals surface area contributed by atoms with Gasteiger partial charge in [-0.15, -0.1) is 0 Å². The number of aliphatic carboxylic acids is 4. The zero-order chi connectivity index (χ0) is 30.2. The Bertz CT molecular complexity index is 628. The molecule has 4 aliphatic carbocycles. The van der Waals surface area contributed by atoms with Crippen molar-refractivity contribution < 1.29 is 60.7 Å². The van der Waals surface area contributed by atoms with E-state index in [1.165, 1.54) is 0 Å². The first kappa shape index (κ1) is 39.6. The third-order valence-electron chi connectivity index (χ3n) is 9.40. The number of hydrogen-bond acceptors (Lipinski definition) is 8. The molecule has 0 amide bonds. The van der Waals surface area contributed by atoms with Crippen molar-refractivity contribution >= 4 is 23.9 Å². The van der Waals surface area contributed by atoms with Crippen molar-refractivity contribution in [2.24, 2.45) is 47.3 Å². The van der Waals surface area contributed by atoms with Gasteiger partial charge in [-0.3, -0.25) is 0 Å². The average Bonchev–Trinajstić information content (AvgIpc) is 2.91. The van der Waals surface area contributed by atoms with Gasteiger partial charge in [0, 0.05) is 23.9 Å². The summed E-state index contributed by atoms with van der Waals surface area (Å²) in [6.45, 7) is 8.69. The Labute approximate surface area is 261 Å². The molecule has 0 heterocycles. The predicted octanol–water partition coefficient (Wildman–Crippen LogP) is 2.25. The third kappa shape index (κ3) is 17.3. The fourth-order valence-electron chi connectivity index (χ4n) is 5.98. The van der Waals surface area contributed by atoms with E-state index in [9.17, 15) is 39.6 Å². The first-order valence-corrected chi connectivity index (χ1v) is 15.6. The monoisotopic (exact) mass is 662 g/mol. The predicted molar refractivity (Wildman–Crippen MR) is 145 cm³/mol. The summed E-state index contributed by atoms with van der Waals surface area (Å²) in [5.41, 5.74) is 0. The van der Waals surface area contributed by atoms with E-state index >= 15 is 0 Å². The van der Waals surface area contributed by atoms with Crippen LogP contribution in [0.25, 0.3) is 0 Å². The van der Waals surface area contributed by atoms with Gasteiger partial charge in [0.15, 0.2) is 0 Å². The van der Waals surface area contributed by atoms with Crippen LogP contribution < -0.4 is 20.4 Å². The van der Waals surface area contributed by atoms with Crippen molar-refractivity contribution in [1.29, 1.82) is 0 Å². The molecule has 0 N–H and O–H groups in total. The Morgan fingerprint density at radius 1 is 0.341 bits per heavy atom. The summed E-state index contributed by atoms with van der Waals surface area (Å²) in [6.07, 6.45) is 15.0. The number of carboxylic acid groups (broad SMARTS) is 4. The minimum Gasteiger partial charge on any atom is -0.550 e. The number of carbonyl (C=O) groups is 4. The van der Waals surface area contributed by atoms with E-state index in [1.807, 2.05) is 0 Å². The second-order valence-electron chi connectivity index (χ2n) is 13.1. The fraction of sp³-hybridized carbons (Fsp3) is 0.875. The molecular weight excluding hydrogens is 608 g/mol. The van der Waals surface area contributed by atoms with Crippen LogP contribution in [-0.2, 0) is 40.2 Å². The van der Waals surface area contributed by atoms with Gasteiger partial charge in [0.25, 0.3) is 0 Å². The molecule has 9 heteroatoms. The Morgan fingerprint density at radius 2 is 0.463 bits per heavy atom. The van der Waals surface area contributed by atoms with Gasteiger partial charge < -0.3 is 39.6 Å². The van der Waals surface area contributed by atoms with Crippen molar-refractivity contribution in [1.82, 2.24) is 0 Å². The molecule has 4 aliphatic rings. The molecule has 0 bridgehead atoms. The zero-order valence-electron chi connectivity index (χ0n) is 25.6. The summed E-state index contributed by atoms with van der Waals surface area (Å²) in [5.74, 6) is -1.17. The van der Waals surface area contributed by atoms with Crippen LogP contribution in [0.2, 0.25) is 0 Å². The molecule has 0 aromatic heterocycles. The normalized spacial score (nSPS) is 32.9. The van der Waals surface area contributed by atoms with E-state index in [1.54, 1.807) is 0 Å². The summed E-state index contributed by atoms with van der Waals surface area (Å²) < 4.78 is 0. The number of carbonyl (C=O) groups excluding carboxylic acids is 4. The molecule has 234 valence electrons. The molecule has 0 aromatic rings. The summed E-state index contributed by atoms with van der Waals surface area (Å²) in [7, 11) is 0. The summed E-state index contributed by atoms with van der Waals surface area (Å²) in [6, 6.07) is 0. The topological polar surface area (TPSA) is 161 Å². The van der Waals surface area contributed by atoms with Crippen molar-refractivity contribution in [3.05, 3.63) is 0 Å². The van der Waals surface area contributed by atoms with Gasteiger partial charge in [-0.25, -0.2) is 0 Å². The van der Waals surface area contributed by atoms with E-state index in [0.29, 0.717) is 0 Å². The van der Waals surface area contributed by atoms with Crippen LogP contribution >= 0.6 is 0 Å². The molecule has 0 radical (unpaired) electrons. The Hall–Kier alpha value is -1.43. The van der Waals surface area contributed by atoms with Gasteiger partial charge in [0.2, 0.25) is 0 Å². The van der Waals surface area contributed by atoms with Crippen LogP contribution in [0.3, 0.4) is 0 Å². The summed E-state index contributed by atoms with van der Waals surface area (Å²) >= 11 is 0. The van der Waals surface area contributed by atoms with Crippen molar-refractivity contribution in [3.8, 4) is 0 Å². The molecule has 0 aromatic carbocycles. The van der Waals surface area contributed by atoms with Crippen molar-refractivity contribution in [3.63, 3.8) is 0 Å². The molecule has 41 heavy (non-hydrogen) atoms. The van der Waals surface area contributed by atoms with Gasteiger partial charge in [-0.05, 0) is 98.7 Å². The van der Waals surface area contributed by atoms with Gasteiger partial charge in [-0.2, -0.15) is 0 Å². The van der Waals surface area contributed by atoms with Crippen LogP contribution in [0, 0.1) is 47.3 Å².